The minimum absolute atomic E-state index is 0.124. The van der Waals surface area contributed by atoms with Crippen molar-refractivity contribution in [2.45, 2.75) is 20.0 Å². The highest BCUT2D eigenvalue weighted by atomic mass is 16.3. The lowest BCUT2D eigenvalue weighted by Crippen LogP contribution is -2.33. The number of nitrogens with one attached hydrogen (secondary N) is 1. The fraction of sp³-hybridized carbons (Fsp3) is 0.294. The minimum atomic E-state index is -0.524. The van der Waals surface area contributed by atoms with Crippen LogP contribution < -0.4 is 5.32 Å². The summed E-state index contributed by atoms with van der Waals surface area (Å²) in [5.41, 5.74) is 1.84. The van der Waals surface area contributed by atoms with Crippen LogP contribution in [0, 0.1) is 5.92 Å². The molecule has 1 heterocycles. The number of nitrogens with zero attached hydrogens (tertiary/aromatic N) is 1. The fourth-order valence-corrected chi connectivity index (χ4v) is 1.93. The third-order valence-electron chi connectivity index (χ3n) is 3.35. The quantitative estimate of drug-likeness (QED) is 0.829. The summed E-state index contributed by atoms with van der Waals surface area (Å²) in [5.74, 6) is -0.0889. The van der Waals surface area contributed by atoms with E-state index >= 15 is 0 Å². The first kappa shape index (κ1) is 15.2. The topological polar surface area (TPSA) is 62.2 Å². The first-order valence-electron chi connectivity index (χ1n) is 7.05. The zero-order chi connectivity index (χ0) is 15.2. The largest absolute Gasteiger partial charge is 0.391 e. The molecule has 0 radical (unpaired) electrons. The van der Waals surface area contributed by atoms with Gasteiger partial charge in [0.15, 0.2) is 0 Å². The summed E-state index contributed by atoms with van der Waals surface area (Å²) < 4.78 is 0. The molecule has 1 aromatic carbocycles. The third-order valence-corrected chi connectivity index (χ3v) is 3.35. The summed E-state index contributed by atoms with van der Waals surface area (Å²) >= 11 is 0. The van der Waals surface area contributed by atoms with Crippen molar-refractivity contribution in [3.8, 4) is 0 Å². The molecule has 2 rings (SSSR count). The van der Waals surface area contributed by atoms with Gasteiger partial charge >= 0.3 is 0 Å². The van der Waals surface area contributed by atoms with E-state index in [1.54, 1.807) is 12.3 Å². The molecular weight excluding hydrogens is 264 g/mol. The summed E-state index contributed by atoms with van der Waals surface area (Å²) in [5, 5.41) is 13.4. The number of para-hydroxylation sites is 1. The molecule has 0 bridgehead atoms. The molecule has 21 heavy (non-hydrogen) atoms. The van der Waals surface area contributed by atoms with Crippen molar-refractivity contribution < 1.29 is 9.90 Å². The number of amides is 1. The smallest absolute Gasteiger partial charge is 0.244 e. The lowest BCUT2D eigenvalue weighted by atomic mass is 10.1. The van der Waals surface area contributed by atoms with E-state index in [-0.39, 0.29) is 18.4 Å². The summed E-state index contributed by atoms with van der Waals surface area (Å²) in [6.07, 6.45) is 4.45. The van der Waals surface area contributed by atoms with Crippen LogP contribution in [0.3, 0.4) is 0 Å². The lowest BCUT2D eigenvalue weighted by Gasteiger charge is -2.14. The SMILES string of the molecule is CC(C)C(O)CNC(=O)/C=C/c1ccnc2ccccc12. The molecule has 0 aliphatic heterocycles. The van der Waals surface area contributed by atoms with Gasteiger partial charge in [0.25, 0.3) is 0 Å². The van der Waals surface area contributed by atoms with Gasteiger partial charge in [-0.3, -0.25) is 9.78 Å². The Kier molecular flexibility index (Phi) is 5.06. The van der Waals surface area contributed by atoms with Crippen molar-refractivity contribution in [3.63, 3.8) is 0 Å². The van der Waals surface area contributed by atoms with Crippen LogP contribution in [0.1, 0.15) is 19.4 Å². The Hall–Kier alpha value is -2.20. The normalized spacial score (nSPS) is 13.0. The van der Waals surface area contributed by atoms with Crippen molar-refractivity contribution in [2.75, 3.05) is 6.54 Å². The molecule has 1 atom stereocenters. The molecule has 0 fully saturated rings. The van der Waals surface area contributed by atoms with Crippen molar-refractivity contribution in [1.82, 2.24) is 10.3 Å². The van der Waals surface area contributed by atoms with E-state index in [0.717, 1.165) is 16.5 Å². The average Bonchev–Trinajstić information content (AvgIpc) is 2.50. The van der Waals surface area contributed by atoms with E-state index in [1.165, 1.54) is 6.08 Å². The molecular formula is C17H20N2O2. The van der Waals surface area contributed by atoms with Crippen molar-refractivity contribution in [1.29, 1.82) is 0 Å². The molecule has 4 nitrogen and oxygen atoms in total. The highest BCUT2D eigenvalue weighted by molar-refractivity contribution is 5.95. The first-order valence-corrected chi connectivity index (χ1v) is 7.05. The van der Waals surface area contributed by atoms with Crippen LogP contribution in [-0.4, -0.2) is 28.6 Å². The second-order valence-electron chi connectivity index (χ2n) is 5.31. The maximum absolute atomic E-state index is 11.8. The monoisotopic (exact) mass is 284 g/mol. The highest BCUT2D eigenvalue weighted by Crippen LogP contribution is 2.17. The number of carbonyl (C=O) groups excluding carboxylic acids is 1. The van der Waals surface area contributed by atoms with E-state index in [9.17, 15) is 9.90 Å². The molecule has 0 saturated heterocycles. The van der Waals surface area contributed by atoms with E-state index in [4.69, 9.17) is 0 Å². The molecule has 1 amide bonds. The van der Waals surface area contributed by atoms with E-state index in [0.29, 0.717) is 0 Å². The van der Waals surface area contributed by atoms with E-state index in [2.05, 4.69) is 10.3 Å². The number of aromatic nitrogens is 1. The Balaban J connectivity index is 2.04. The standard InChI is InChI=1S/C17H20N2O2/c1-12(2)16(20)11-19-17(21)8-7-13-9-10-18-15-6-4-3-5-14(13)15/h3-10,12,16,20H,11H2,1-2H3,(H,19,21)/b8-7+. The molecule has 2 aromatic rings. The Morgan fingerprint density at radius 3 is 2.86 bits per heavy atom. The van der Waals surface area contributed by atoms with Gasteiger partial charge in [-0.25, -0.2) is 0 Å². The van der Waals surface area contributed by atoms with Gasteiger partial charge in [-0.2, -0.15) is 0 Å². The van der Waals surface area contributed by atoms with Gasteiger partial charge in [0.2, 0.25) is 5.91 Å². The summed E-state index contributed by atoms with van der Waals surface area (Å²) in [6, 6.07) is 9.66. The van der Waals surface area contributed by atoms with Crippen LogP contribution in [0.2, 0.25) is 0 Å². The number of aliphatic hydroxyl groups is 1. The Morgan fingerprint density at radius 2 is 2.10 bits per heavy atom. The van der Waals surface area contributed by atoms with Gasteiger partial charge in [-0.1, -0.05) is 32.0 Å². The second-order valence-corrected chi connectivity index (χ2v) is 5.31. The Morgan fingerprint density at radius 1 is 1.33 bits per heavy atom. The maximum Gasteiger partial charge on any atom is 0.244 e. The van der Waals surface area contributed by atoms with Gasteiger partial charge in [0.05, 0.1) is 11.6 Å². The summed E-state index contributed by atoms with van der Waals surface area (Å²) in [4.78, 5) is 16.0. The summed E-state index contributed by atoms with van der Waals surface area (Å²) in [6.45, 7) is 4.09. The number of pyridine rings is 1. The predicted molar refractivity (Wildman–Crippen MR) is 84.6 cm³/mol. The fourth-order valence-electron chi connectivity index (χ4n) is 1.93. The molecule has 0 aliphatic carbocycles. The number of carbonyl (C=O) groups is 1. The van der Waals surface area contributed by atoms with Gasteiger partial charge in [-0.05, 0) is 29.7 Å². The van der Waals surface area contributed by atoms with Crippen molar-refractivity contribution in [2.24, 2.45) is 5.92 Å². The van der Waals surface area contributed by atoms with Crippen molar-refractivity contribution in [3.05, 3.63) is 48.2 Å². The first-order chi connectivity index (χ1) is 10.1. The third kappa shape index (κ3) is 4.13. The number of hydrogen-bond acceptors (Lipinski definition) is 3. The van der Waals surface area contributed by atoms with Crippen LogP contribution in [0.4, 0.5) is 0 Å². The van der Waals surface area contributed by atoms with Crippen LogP contribution in [-0.2, 0) is 4.79 Å². The van der Waals surface area contributed by atoms with Crippen LogP contribution in [0.15, 0.2) is 42.6 Å². The molecule has 1 aromatic heterocycles. The number of rotatable bonds is 5. The zero-order valence-electron chi connectivity index (χ0n) is 12.3. The van der Waals surface area contributed by atoms with E-state index < -0.39 is 6.10 Å². The number of aliphatic hydroxyl groups excluding tert-OH is 1. The van der Waals surface area contributed by atoms with Crippen LogP contribution in [0.5, 0.6) is 0 Å². The maximum atomic E-state index is 11.8. The average molecular weight is 284 g/mol. The van der Waals surface area contributed by atoms with E-state index in [1.807, 2.05) is 44.2 Å². The van der Waals surface area contributed by atoms with Gasteiger partial charge in [0, 0.05) is 24.2 Å². The Labute approximate surface area is 124 Å². The Bertz CT molecular complexity index is 645. The summed E-state index contributed by atoms with van der Waals surface area (Å²) in [7, 11) is 0. The second kappa shape index (κ2) is 6.99. The highest BCUT2D eigenvalue weighted by Gasteiger charge is 2.09. The minimum Gasteiger partial charge on any atom is -0.391 e. The van der Waals surface area contributed by atoms with Gasteiger partial charge in [-0.15, -0.1) is 0 Å². The van der Waals surface area contributed by atoms with Gasteiger partial charge in [0.1, 0.15) is 0 Å². The van der Waals surface area contributed by atoms with Crippen LogP contribution >= 0.6 is 0 Å². The van der Waals surface area contributed by atoms with Crippen LogP contribution in [0.25, 0.3) is 17.0 Å². The lowest BCUT2D eigenvalue weighted by molar-refractivity contribution is -0.117. The molecule has 1 unspecified atom stereocenters. The molecule has 110 valence electrons. The molecule has 4 heteroatoms. The van der Waals surface area contributed by atoms with Crippen molar-refractivity contribution >= 4 is 22.9 Å². The molecule has 0 spiro atoms. The number of benzene rings is 1. The molecule has 0 aliphatic rings. The molecule has 2 N–H and O–H groups in total. The zero-order valence-corrected chi connectivity index (χ0v) is 12.3. The molecule has 0 saturated carbocycles. The predicted octanol–water partition coefficient (Wildman–Crippen LogP) is 2.38. The van der Waals surface area contributed by atoms with Gasteiger partial charge < -0.3 is 10.4 Å². The number of hydrogen-bond donors (Lipinski definition) is 2. The number of fused-ring (bicyclic) bond motifs is 1.